The second kappa shape index (κ2) is 64.6. The smallest absolute Gasteiger partial charge is 0.306 e. The maximum absolute atomic E-state index is 12.9. The van der Waals surface area contributed by atoms with Crippen molar-refractivity contribution < 1.29 is 28.6 Å². The first kappa shape index (κ1) is 73.1. The first-order chi connectivity index (χ1) is 37.5. The lowest BCUT2D eigenvalue weighted by Gasteiger charge is -2.18. The normalized spacial score (nSPS) is 12.4. The van der Waals surface area contributed by atoms with Crippen molar-refractivity contribution in [3.8, 4) is 0 Å². The van der Waals surface area contributed by atoms with E-state index in [0.29, 0.717) is 19.3 Å². The quantitative estimate of drug-likeness (QED) is 0.0261. The van der Waals surface area contributed by atoms with Crippen molar-refractivity contribution in [2.75, 3.05) is 13.2 Å². The third-order valence-corrected chi connectivity index (χ3v) is 14.7. The van der Waals surface area contributed by atoms with Crippen molar-refractivity contribution in [2.24, 2.45) is 0 Å². The Bertz CT molecular complexity index is 1360. The highest BCUT2D eigenvalue weighted by Crippen LogP contribution is 2.17. The van der Waals surface area contributed by atoms with Gasteiger partial charge in [-0.25, -0.2) is 0 Å². The summed E-state index contributed by atoms with van der Waals surface area (Å²) in [6.07, 6.45) is 82.6. The van der Waals surface area contributed by atoms with Gasteiger partial charge in [0.2, 0.25) is 0 Å². The Labute approximate surface area is 472 Å². The molecule has 0 saturated carbocycles. The lowest BCUT2D eigenvalue weighted by atomic mass is 10.0. The minimum absolute atomic E-state index is 0.0761. The van der Waals surface area contributed by atoms with Gasteiger partial charge >= 0.3 is 17.9 Å². The number of hydrogen-bond acceptors (Lipinski definition) is 6. The summed E-state index contributed by atoms with van der Waals surface area (Å²) < 4.78 is 16.9. The van der Waals surface area contributed by atoms with Crippen LogP contribution in [0.3, 0.4) is 0 Å². The van der Waals surface area contributed by atoms with Gasteiger partial charge in [-0.15, -0.1) is 0 Å². The van der Waals surface area contributed by atoms with Crippen molar-refractivity contribution >= 4 is 17.9 Å². The average Bonchev–Trinajstić information content (AvgIpc) is 3.42. The zero-order valence-electron chi connectivity index (χ0n) is 50.8. The van der Waals surface area contributed by atoms with Crippen molar-refractivity contribution in [2.45, 2.75) is 354 Å². The molecule has 0 rings (SSSR count). The van der Waals surface area contributed by atoms with Crippen molar-refractivity contribution in [1.82, 2.24) is 0 Å². The van der Waals surface area contributed by atoms with Crippen LogP contribution in [0.1, 0.15) is 348 Å². The van der Waals surface area contributed by atoms with Crippen LogP contribution in [0.4, 0.5) is 0 Å². The fourth-order valence-corrected chi connectivity index (χ4v) is 9.72. The zero-order valence-corrected chi connectivity index (χ0v) is 50.8. The van der Waals surface area contributed by atoms with E-state index in [-0.39, 0.29) is 31.1 Å². The maximum Gasteiger partial charge on any atom is 0.306 e. The number of unbranched alkanes of at least 4 members (excludes halogenated alkanes) is 40. The molecule has 6 nitrogen and oxygen atoms in total. The van der Waals surface area contributed by atoms with E-state index in [2.05, 4.69) is 81.5 Å². The SMILES string of the molecule is CCCCCCC/C=C\C/C=C\C/C=C\CCCCCCCCC(=O)OC(COC(=O)CCCCCCCCCC)COC(=O)CCCCCCCCCCCCCCCCCCC/C=C\C/C=C\CCCCCCC. The lowest BCUT2D eigenvalue weighted by molar-refractivity contribution is -0.167. The van der Waals surface area contributed by atoms with Crippen LogP contribution in [0, 0.1) is 0 Å². The predicted octanol–water partition coefficient (Wildman–Crippen LogP) is 22.7. The van der Waals surface area contributed by atoms with Gasteiger partial charge in [0, 0.05) is 19.3 Å². The average molecular weight is 1060 g/mol. The molecular formula is C70H126O6. The fourth-order valence-electron chi connectivity index (χ4n) is 9.72. The Morgan fingerprint density at radius 2 is 0.474 bits per heavy atom. The monoisotopic (exact) mass is 1060 g/mol. The summed E-state index contributed by atoms with van der Waals surface area (Å²) in [4.78, 5) is 38.2. The van der Waals surface area contributed by atoms with Crippen LogP contribution in [-0.2, 0) is 28.6 Å². The fraction of sp³-hybridized carbons (Fsp3) is 0.814. The lowest BCUT2D eigenvalue weighted by Crippen LogP contribution is -2.30. The van der Waals surface area contributed by atoms with Crippen molar-refractivity contribution in [3.05, 3.63) is 60.8 Å². The highest BCUT2D eigenvalue weighted by molar-refractivity contribution is 5.71. The Morgan fingerprint density at radius 1 is 0.263 bits per heavy atom. The Hall–Kier alpha value is -2.89. The summed E-state index contributed by atoms with van der Waals surface area (Å²) in [5, 5.41) is 0. The van der Waals surface area contributed by atoms with E-state index >= 15 is 0 Å². The van der Waals surface area contributed by atoms with Gasteiger partial charge in [-0.05, 0) is 89.9 Å². The van der Waals surface area contributed by atoms with Crippen molar-refractivity contribution in [3.63, 3.8) is 0 Å². The molecule has 0 aromatic heterocycles. The first-order valence-electron chi connectivity index (χ1n) is 33.3. The van der Waals surface area contributed by atoms with Gasteiger partial charge in [-0.1, -0.05) is 300 Å². The molecule has 0 bridgehead atoms. The first-order valence-corrected chi connectivity index (χ1v) is 33.3. The van der Waals surface area contributed by atoms with Gasteiger partial charge in [-0.3, -0.25) is 14.4 Å². The van der Waals surface area contributed by atoms with Crippen LogP contribution < -0.4 is 0 Å². The largest absolute Gasteiger partial charge is 0.462 e. The number of hydrogen-bond donors (Lipinski definition) is 0. The van der Waals surface area contributed by atoms with E-state index in [1.807, 2.05) is 0 Å². The summed E-state index contributed by atoms with van der Waals surface area (Å²) in [6.45, 7) is 6.62. The van der Waals surface area contributed by atoms with Crippen LogP contribution in [0.15, 0.2) is 60.8 Å². The molecule has 442 valence electrons. The van der Waals surface area contributed by atoms with Gasteiger partial charge in [0.25, 0.3) is 0 Å². The second-order valence-electron chi connectivity index (χ2n) is 22.4. The number of esters is 3. The molecule has 0 radical (unpaired) electrons. The highest BCUT2D eigenvalue weighted by Gasteiger charge is 2.19. The summed E-state index contributed by atoms with van der Waals surface area (Å²) >= 11 is 0. The molecule has 0 heterocycles. The molecule has 0 amide bonds. The molecule has 0 fully saturated rings. The topological polar surface area (TPSA) is 78.9 Å². The maximum atomic E-state index is 12.9. The molecule has 0 aliphatic carbocycles. The van der Waals surface area contributed by atoms with Gasteiger partial charge in [0.05, 0.1) is 0 Å². The van der Waals surface area contributed by atoms with Crippen LogP contribution in [0.2, 0.25) is 0 Å². The molecule has 0 aliphatic rings. The molecule has 0 N–H and O–H groups in total. The predicted molar refractivity (Wildman–Crippen MR) is 330 cm³/mol. The number of carbonyl (C=O) groups excluding carboxylic acids is 3. The summed E-state index contributed by atoms with van der Waals surface area (Å²) in [6, 6.07) is 0. The van der Waals surface area contributed by atoms with Gasteiger partial charge < -0.3 is 14.2 Å². The molecule has 0 aliphatic heterocycles. The minimum atomic E-state index is -0.778. The van der Waals surface area contributed by atoms with Gasteiger partial charge in [-0.2, -0.15) is 0 Å². The van der Waals surface area contributed by atoms with E-state index in [1.54, 1.807) is 0 Å². The molecule has 76 heavy (non-hydrogen) atoms. The van der Waals surface area contributed by atoms with Crippen LogP contribution in [-0.4, -0.2) is 37.2 Å². The number of ether oxygens (including phenoxy) is 3. The van der Waals surface area contributed by atoms with E-state index in [4.69, 9.17) is 14.2 Å². The molecule has 0 saturated heterocycles. The third-order valence-electron chi connectivity index (χ3n) is 14.7. The molecule has 0 aromatic rings. The van der Waals surface area contributed by atoms with Crippen LogP contribution >= 0.6 is 0 Å². The van der Waals surface area contributed by atoms with Gasteiger partial charge in [0.1, 0.15) is 13.2 Å². The summed E-state index contributed by atoms with van der Waals surface area (Å²) in [5.74, 6) is -0.876. The molecular weight excluding hydrogens is 937 g/mol. The number of carbonyl (C=O) groups is 3. The Morgan fingerprint density at radius 3 is 0.737 bits per heavy atom. The molecule has 0 spiro atoms. The van der Waals surface area contributed by atoms with Crippen LogP contribution in [0.5, 0.6) is 0 Å². The number of rotatable bonds is 61. The van der Waals surface area contributed by atoms with E-state index < -0.39 is 6.10 Å². The second-order valence-corrected chi connectivity index (χ2v) is 22.4. The Balaban J connectivity index is 4.12. The highest BCUT2D eigenvalue weighted by atomic mass is 16.6. The zero-order chi connectivity index (χ0) is 55.0. The summed E-state index contributed by atoms with van der Waals surface area (Å²) in [5.41, 5.74) is 0. The third kappa shape index (κ3) is 62.0. The van der Waals surface area contributed by atoms with Crippen molar-refractivity contribution in [1.29, 1.82) is 0 Å². The van der Waals surface area contributed by atoms with E-state index in [1.165, 1.54) is 225 Å². The molecule has 0 aromatic carbocycles. The summed E-state index contributed by atoms with van der Waals surface area (Å²) in [7, 11) is 0. The minimum Gasteiger partial charge on any atom is -0.462 e. The molecule has 1 atom stereocenters. The number of allylic oxidation sites excluding steroid dienone is 10. The van der Waals surface area contributed by atoms with Gasteiger partial charge in [0.15, 0.2) is 6.10 Å². The Kier molecular flexibility index (Phi) is 62.2. The van der Waals surface area contributed by atoms with Crippen LogP contribution in [0.25, 0.3) is 0 Å². The standard InChI is InChI=1S/C70H126O6/c1-4-7-10-13-16-19-21-23-25-27-29-31-32-33-34-35-36-37-38-40-41-43-45-47-49-51-54-57-60-63-69(72)75-66-67(65-74-68(71)62-59-56-53-18-15-12-9-6-3)76-70(73)64-61-58-55-52-50-48-46-44-42-39-30-28-26-24-22-20-17-14-11-8-5-2/h21-24,27-30,42,44,67H,4-20,25-26,31-41,43,45-66H2,1-3H3/b23-21-,24-22-,29-27-,30-28-,44-42-. The molecule has 6 heteroatoms. The molecule has 1 unspecified atom stereocenters. The van der Waals surface area contributed by atoms with E-state index in [9.17, 15) is 14.4 Å². The van der Waals surface area contributed by atoms with E-state index in [0.717, 1.165) is 83.5 Å².